The van der Waals surface area contributed by atoms with Gasteiger partial charge in [0.05, 0.1) is 21.7 Å². The number of hydrogen-bond acceptors (Lipinski definition) is 7. The molecule has 0 aliphatic carbocycles. The second kappa shape index (κ2) is 12.7. The zero-order valence-corrected chi connectivity index (χ0v) is 21.8. The highest BCUT2D eigenvalue weighted by Gasteiger charge is 2.17. The number of ether oxygens (including phenoxy) is 1. The normalized spacial score (nSPS) is 10.7. The third-order valence-electron chi connectivity index (χ3n) is 5.37. The maximum atomic E-state index is 12.6. The Morgan fingerprint density at radius 1 is 0.850 bits per heavy atom. The van der Waals surface area contributed by atoms with Crippen LogP contribution in [-0.4, -0.2) is 28.9 Å². The average molecular weight is 577 g/mol. The van der Waals surface area contributed by atoms with Crippen molar-refractivity contribution in [1.29, 1.82) is 0 Å². The number of anilines is 1. The van der Waals surface area contributed by atoms with Crippen LogP contribution in [0, 0.1) is 10.1 Å². The van der Waals surface area contributed by atoms with Crippen LogP contribution in [-0.2, 0) is 0 Å². The van der Waals surface area contributed by atoms with E-state index >= 15 is 0 Å². The second-order valence-corrected chi connectivity index (χ2v) is 8.93. The molecule has 0 unspecified atom stereocenters. The molecule has 0 aliphatic heterocycles. The molecule has 40 heavy (non-hydrogen) atoms. The predicted molar refractivity (Wildman–Crippen MR) is 150 cm³/mol. The minimum atomic E-state index is -0.825. The SMILES string of the molecule is O=C(N/N=C/c1cc([N+](=O)[O-])ccc1OC(=O)c1ccc(Cl)cc1Cl)c1ccc(NC(=O)c2ccccc2)cc1. The number of carbonyl (C=O) groups excluding carboxylic acids is 3. The van der Waals surface area contributed by atoms with Crippen molar-refractivity contribution in [3.63, 3.8) is 0 Å². The molecule has 12 heteroatoms. The summed E-state index contributed by atoms with van der Waals surface area (Å²) in [6.07, 6.45) is 1.10. The molecule has 4 aromatic rings. The van der Waals surface area contributed by atoms with E-state index in [1.165, 1.54) is 36.4 Å². The van der Waals surface area contributed by atoms with Crippen molar-refractivity contribution in [2.75, 3.05) is 5.32 Å². The number of rotatable bonds is 8. The number of esters is 1. The van der Waals surface area contributed by atoms with Crippen LogP contribution in [0.1, 0.15) is 36.6 Å². The first-order valence-corrected chi connectivity index (χ1v) is 12.2. The van der Waals surface area contributed by atoms with Crippen LogP contribution in [0.4, 0.5) is 11.4 Å². The lowest BCUT2D eigenvalue weighted by Gasteiger charge is -2.09. The van der Waals surface area contributed by atoms with Gasteiger partial charge < -0.3 is 10.1 Å². The maximum absolute atomic E-state index is 12.6. The van der Waals surface area contributed by atoms with E-state index in [0.717, 1.165) is 18.3 Å². The molecule has 0 aromatic heterocycles. The first kappa shape index (κ1) is 28.0. The quantitative estimate of drug-likeness (QED) is 0.0848. The Morgan fingerprint density at radius 2 is 1.55 bits per heavy atom. The molecular weight excluding hydrogens is 559 g/mol. The molecule has 0 spiro atoms. The van der Waals surface area contributed by atoms with Crippen LogP contribution in [0.3, 0.4) is 0 Å². The molecule has 0 aliphatic rings. The number of nitrogens with zero attached hydrogens (tertiary/aromatic N) is 2. The second-order valence-electron chi connectivity index (χ2n) is 8.09. The summed E-state index contributed by atoms with van der Waals surface area (Å²) in [7, 11) is 0. The van der Waals surface area contributed by atoms with E-state index in [1.807, 2.05) is 0 Å². The molecule has 0 saturated heterocycles. The van der Waals surface area contributed by atoms with Crippen LogP contribution in [0.2, 0.25) is 10.0 Å². The summed E-state index contributed by atoms with van der Waals surface area (Å²) >= 11 is 11.9. The molecule has 0 fully saturated rings. The summed E-state index contributed by atoms with van der Waals surface area (Å²) in [5.74, 6) is -1.77. The largest absolute Gasteiger partial charge is 0.422 e. The molecule has 10 nitrogen and oxygen atoms in total. The van der Waals surface area contributed by atoms with Gasteiger partial charge in [-0.15, -0.1) is 0 Å². The average Bonchev–Trinajstić information content (AvgIpc) is 2.94. The Hall–Kier alpha value is -5.06. The molecule has 0 radical (unpaired) electrons. The highest BCUT2D eigenvalue weighted by molar-refractivity contribution is 6.36. The van der Waals surface area contributed by atoms with Gasteiger partial charge in [-0.25, -0.2) is 10.2 Å². The van der Waals surface area contributed by atoms with E-state index in [4.69, 9.17) is 27.9 Å². The topological polar surface area (TPSA) is 140 Å². The third kappa shape index (κ3) is 7.07. The molecule has 4 aromatic carbocycles. The number of hydrogen-bond donors (Lipinski definition) is 2. The van der Waals surface area contributed by atoms with E-state index < -0.39 is 16.8 Å². The molecule has 2 amide bonds. The molecular formula is C28H18Cl2N4O6. The Labute approximate surface area is 237 Å². The lowest BCUT2D eigenvalue weighted by molar-refractivity contribution is -0.384. The van der Waals surface area contributed by atoms with E-state index in [1.54, 1.807) is 42.5 Å². The van der Waals surface area contributed by atoms with Gasteiger partial charge in [-0.1, -0.05) is 41.4 Å². The van der Waals surface area contributed by atoms with Crippen molar-refractivity contribution in [3.8, 4) is 5.75 Å². The van der Waals surface area contributed by atoms with Crippen LogP contribution in [0.25, 0.3) is 0 Å². The fraction of sp³-hybridized carbons (Fsp3) is 0. The summed E-state index contributed by atoms with van der Waals surface area (Å²) in [5, 5.41) is 18.2. The van der Waals surface area contributed by atoms with Gasteiger partial charge in [0.25, 0.3) is 17.5 Å². The Bertz CT molecular complexity index is 1630. The van der Waals surface area contributed by atoms with Crippen LogP contribution in [0.15, 0.2) is 96.1 Å². The number of non-ortho nitro benzene ring substituents is 1. The fourth-order valence-corrected chi connectivity index (χ4v) is 3.86. The van der Waals surface area contributed by atoms with Gasteiger partial charge in [0, 0.05) is 39.5 Å². The maximum Gasteiger partial charge on any atom is 0.345 e. The van der Waals surface area contributed by atoms with Gasteiger partial charge in [0.2, 0.25) is 0 Å². The van der Waals surface area contributed by atoms with Gasteiger partial charge >= 0.3 is 5.97 Å². The van der Waals surface area contributed by atoms with Crippen LogP contribution in [0.5, 0.6) is 5.75 Å². The molecule has 0 atom stereocenters. The minimum absolute atomic E-state index is 0.0315. The molecule has 0 bridgehead atoms. The minimum Gasteiger partial charge on any atom is -0.422 e. The fourth-order valence-electron chi connectivity index (χ4n) is 3.38. The van der Waals surface area contributed by atoms with E-state index in [9.17, 15) is 24.5 Å². The van der Waals surface area contributed by atoms with Gasteiger partial charge in [-0.05, 0) is 60.7 Å². The standard InChI is InChI=1S/C28H18Cl2N4O6/c29-20-8-12-23(24(30)15-20)28(37)40-25-13-11-22(34(38)39)14-19(25)16-31-33-27(36)18-6-9-21(10-7-18)32-26(35)17-4-2-1-3-5-17/h1-16H,(H,32,35)(H,33,36)/b31-16+. The first-order chi connectivity index (χ1) is 19.2. The van der Waals surface area contributed by atoms with Crippen LogP contribution < -0.4 is 15.5 Å². The Morgan fingerprint density at radius 3 is 2.23 bits per heavy atom. The van der Waals surface area contributed by atoms with Crippen molar-refractivity contribution in [2.45, 2.75) is 0 Å². The van der Waals surface area contributed by atoms with Crippen molar-refractivity contribution >= 4 is 58.6 Å². The smallest absolute Gasteiger partial charge is 0.345 e. The van der Waals surface area contributed by atoms with E-state index in [2.05, 4.69) is 15.8 Å². The number of nitro groups is 1. The lowest BCUT2D eigenvalue weighted by Crippen LogP contribution is -2.18. The third-order valence-corrected chi connectivity index (χ3v) is 5.92. The lowest BCUT2D eigenvalue weighted by atomic mass is 10.1. The van der Waals surface area contributed by atoms with Gasteiger partial charge in [0.1, 0.15) is 5.75 Å². The first-order valence-electron chi connectivity index (χ1n) is 11.5. The molecule has 4 rings (SSSR count). The number of nitrogens with one attached hydrogen (secondary N) is 2. The number of halogens is 2. The Balaban J connectivity index is 1.45. The zero-order chi connectivity index (χ0) is 28.6. The van der Waals surface area contributed by atoms with Crippen molar-refractivity contribution in [2.24, 2.45) is 5.10 Å². The van der Waals surface area contributed by atoms with Crippen LogP contribution >= 0.6 is 23.2 Å². The van der Waals surface area contributed by atoms with Gasteiger partial charge in [0.15, 0.2) is 0 Å². The number of carbonyl (C=O) groups is 3. The molecule has 200 valence electrons. The van der Waals surface area contributed by atoms with E-state index in [-0.39, 0.29) is 39.1 Å². The summed E-state index contributed by atoms with van der Waals surface area (Å²) < 4.78 is 5.38. The highest BCUT2D eigenvalue weighted by atomic mass is 35.5. The highest BCUT2D eigenvalue weighted by Crippen LogP contribution is 2.26. The monoisotopic (exact) mass is 576 g/mol. The van der Waals surface area contributed by atoms with Crippen molar-refractivity contribution in [1.82, 2.24) is 5.43 Å². The van der Waals surface area contributed by atoms with E-state index in [0.29, 0.717) is 16.3 Å². The van der Waals surface area contributed by atoms with Gasteiger partial charge in [-0.3, -0.25) is 19.7 Å². The predicted octanol–water partition coefficient (Wildman–Crippen LogP) is 6.14. The number of nitro benzene ring substituents is 1. The zero-order valence-electron chi connectivity index (χ0n) is 20.3. The molecule has 2 N–H and O–H groups in total. The molecule has 0 heterocycles. The summed E-state index contributed by atoms with van der Waals surface area (Å²) in [5.41, 5.74) is 3.30. The summed E-state index contributed by atoms with van der Waals surface area (Å²) in [6, 6.07) is 22.5. The van der Waals surface area contributed by atoms with Crippen molar-refractivity contribution < 1.29 is 24.0 Å². The number of benzene rings is 4. The van der Waals surface area contributed by atoms with Gasteiger partial charge in [-0.2, -0.15) is 5.10 Å². The number of hydrazone groups is 1. The summed E-state index contributed by atoms with van der Waals surface area (Å²) in [4.78, 5) is 48.1. The summed E-state index contributed by atoms with van der Waals surface area (Å²) in [6.45, 7) is 0. The van der Waals surface area contributed by atoms with Crippen molar-refractivity contribution in [3.05, 3.63) is 133 Å². The Kier molecular flexibility index (Phi) is 8.85. The molecule has 0 saturated carbocycles. The number of amides is 2.